The summed E-state index contributed by atoms with van der Waals surface area (Å²) in [5.41, 5.74) is 0. The topological polar surface area (TPSA) is 84.9 Å². The number of fused-ring (bicyclic) bond motifs is 2. The maximum absolute atomic E-state index is 12.9. The number of sulfonamides is 1. The molecular formula is C22H32N2O5S. The number of carbonyl (C=O) groups excluding carboxylic acids is 1. The second-order valence-electron chi connectivity index (χ2n) is 8.68. The van der Waals surface area contributed by atoms with E-state index in [1.807, 2.05) is 4.90 Å². The Balaban J connectivity index is 1.35. The van der Waals surface area contributed by atoms with Crippen molar-refractivity contribution in [3.05, 3.63) is 18.2 Å². The minimum atomic E-state index is -3.72. The van der Waals surface area contributed by atoms with Gasteiger partial charge in [0.2, 0.25) is 15.9 Å². The van der Waals surface area contributed by atoms with E-state index < -0.39 is 10.0 Å². The monoisotopic (exact) mass is 436 g/mol. The number of hydrogen-bond donors (Lipinski definition) is 1. The van der Waals surface area contributed by atoms with Crippen LogP contribution in [0.2, 0.25) is 0 Å². The average molecular weight is 437 g/mol. The van der Waals surface area contributed by atoms with E-state index in [1.165, 1.54) is 31.4 Å². The Kier molecular flexibility index (Phi) is 6.53. The molecule has 7 nitrogen and oxygen atoms in total. The Labute approximate surface area is 179 Å². The van der Waals surface area contributed by atoms with E-state index >= 15 is 0 Å². The highest BCUT2D eigenvalue weighted by atomic mass is 32.2. The Morgan fingerprint density at radius 3 is 2.70 bits per heavy atom. The van der Waals surface area contributed by atoms with Gasteiger partial charge < -0.3 is 14.4 Å². The van der Waals surface area contributed by atoms with Gasteiger partial charge in [0, 0.05) is 38.0 Å². The lowest BCUT2D eigenvalue weighted by atomic mass is 9.72. The van der Waals surface area contributed by atoms with Crippen LogP contribution < -0.4 is 14.2 Å². The number of piperidine rings is 1. The smallest absolute Gasteiger partial charge is 0.240 e. The summed E-state index contributed by atoms with van der Waals surface area (Å²) in [5.74, 6) is 2.31. The normalized spacial score (nSPS) is 26.6. The maximum Gasteiger partial charge on any atom is 0.240 e. The van der Waals surface area contributed by atoms with Crippen molar-refractivity contribution in [2.75, 3.05) is 26.3 Å². The van der Waals surface area contributed by atoms with Gasteiger partial charge in [0.05, 0.1) is 18.1 Å². The summed E-state index contributed by atoms with van der Waals surface area (Å²) in [6.45, 7) is 4.23. The lowest BCUT2D eigenvalue weighted by Gasteiger charge is -2.47. The van der Waals surface area contributed by atoms with Gasteiger partial charge in [-0.25, -0.2) is 13.1 Å². The molecular weight excluding hydrogens is 404 g/mol. The quantitative estimate of drug-likeness (QED) is 0.767. The van der Waals surface area contributed by atoms with Gasteiger partial charge >= 0.3 is 0 Å². The van der Waals surface area contributed by atoms with Gasteiger partial charge in [0.25, 0.3) is 0 Å². The van der Waals surface area contributed by atoms with Crippen molar-refractivity contribution in [1.29, 1.82) is 0 Å². The Morgan fingerprint density at radius 1 is 1.10 bits per heavy atom. The molecule has 2 aliphatic heterocycles. The molecule has 30 heavy (non-hydrogen) atoms. The molecule has 3 atom stereocenters. The van der Waals surface area contributed by atoms with E-state index in [4.69, 9.17) is 9.47 Å². The Bertz CT molecular complexity index is 872. The summed E-state index contributed by atoms with van der Waals surface area (Å²) in [4.78, 5) is 15.0. The van der Waals surface area contributed by atoms with Crippen LogP contribution in [0.5, 0.6) is 11.5 Å². The SMILES string of the molecule is C[C@@H]1CCN(C(=O)CCNS(=O)(=O)c2ccc3c(c2)OCCCO3)[C@@H]2CCCC[C@@H]12. The molecule has 166 valence electrons. The number of amides is 1. The molecule has 0 bridgehead atoms. The number of benzene rings is 1. The summed E-state index contributed by atoms with van der Waals surface area (Å²) in [5, 5.41) is 0. The van der Waals surface area contributed by atoms with Crippen molar-refractivity contribution in [3.63, 3.8) is 0 Å². The van der Waals surface area contributed by atoms with Gasteiger partial charge in [-0.2, -0.15) is 0 Å². The number of nitrogens with zero attached hydrogens (tertiary/aromatic N) is 1. The van der Waals surface area contributed by atoms with Crippen LogP contribution in [0, 0.1) is 11.8 Å². The van der Waals surface area contributed by atoms with Gasteiger partial charge in [0.1, 0.15) is 0 Å². The fraction of sp³-hybridized carbons (Fsp3) is 0.682. The van der Waals surface area contributed by atoms with Crippen molar-refractivity contribution < 1.29 is 22.7 Å². The van der Waals surface area contributed by atoms with Gasteiger partial charge in [-0.05, 0) is 43.2 Å². The zero-order chi connectivity index (χ0) is 21.1. The second kappa shape index (κ2) is 9.14. The van der Waals surface area contributed by atoms with Gasteiger partial charge in [-0.3, -0.25) is 4.79 Å². The first-order chi connectivity index (χ1) is 14.5. The van der Waals surface area contributed by atoms with Crippen LogP contribution in [-0.2, 0) is 14.8 Å². The fourth-order valence-electron chi connectivity index (χ4n) is 5.05. The molecule has 0 spiro atoms. The van der Waals surface area contributed by atoms with Crippen LogP contribution in [0.25, 0.3) is 0 Å². The number of likely N-dealkylation sites (tertiary alicyclic amines) is 1. The molecule has 0 unspecified atom stereocenters. The lowest BCUT2D eigenvalue weighted by Crippen LogP contribution is -2.52. The van der Waals surface area contributed by atoms with Crippen molar-refractivity contribution in [2.45, 2.75) is 62.8 Å². The first-order valence-corrected chi connectivity index (χ1v) is 12.6. The summed E-state index contributed by atoms with van der Waals surface area (Å²) < 4.78 is 39.1. The largest absolute Gasteiger partial charge is 0.490 e. The number of rotatable bonds is 5. The standard InChI is InChI=1S/C22H32N2O5S/c1-16-10-12-24(19-6-3-2-5-18(16)19)22(25)9-11-23-30(26,27)17-7-8-20-21(15-17)29-14-4-13-28-20/h7-8,15-16,18-19,23H,2-6,9-14H2,1H3/t16-,18+,19-/m1/s1. The predicted molar refractivity (Wildman–Crippen MR) is 113 cm³/mol. The number of carbonyl (C=O) groups is 1. The second-order valence-corrected chi connectivity index (χ2v) is 10.4. The molecule has 1 aromatic carbocycles. The molecule has 3 aliphatic rings. The average Bonchev–Trinajstić information content (AvgIpc) is 2.99. The fourth-order valence-corrected chi connectivity index (χ4v) is 6.10. The molecule has 2 heterocycles. The third-order valence-electron chi connectivity index (χ3n) is 6.72. The molecule has 1 aromatic rings. The van der Waals surface area contributed by atoms with Crippen molar-refractivity contribution >= 4 is 15.9 Å². The minimum absolute atomic E-state index is 0.0557. The highest BCUT2D eigenvalue weighted by molar-refractivity contribution is 7.89. The molecule has 1 aliphatic carbocycles. The summed E-state index contributed by atoms with van der Waals surface area (Å²) in [6, 6.07) is 4.95. The van der Waals surface area contributed by atoms with E-state index in [0.29, 0.717) is 42.6 Å². The highest BCUT2D eigenvalue weighted by Crippen LogP contribution is 2.39. The maximum atomic E-state index is 12.9. The first-order valence-electron chi connectivity index (χ1n) is 11.1. The first kappa shape index (κ1) is 21.4. The van der Waals surface area contributed by atoms with Crippen molar-refractivity contribution in [2.24, 2.45) is 11.8 Å². The minimum Gasteiger partial charge on any atom is -0.490 e. The Hall–Kier alpha value is -1.80. The Morgan fingerprint density at radius 2 is 1.87 bits per heavy atom. The van der Waals surface area contributed by atoms with E-state index in [0.717, 1.165) is 25.8 Å². The number of nitrogens with one attached hydrogen (secondary N) is 1. The van der Waals surface area contributed by atoms with Gasteiger partial charge in [-0.1, -0.05) is 19.8 Å². The van der Waals surface area contributed by atoms with Crippen molar-refractivity contribution in [1.82, 2.24) is 9.62 Å². The number of hydrogen-bond acceptors (Lipinski definition) is 5. The molecule has 1 amide bonds. The van der Waals surface area contributed by atoms with E-state index in [1.54, 1.807) is 6.07 Å². The molecule has 4 rings (SSSR count). The van der Waals surface area contributed by atoms with Gasteiger partial charge in [0.15, 0.2) is 11.5 Å². The van der Waals surface area contributed by atoms with Crippen LogP contribution >= 0.6 is 0 Å². The van der Waals surface area contributed by atoms with Crippen LogP contribution in [0.15, 0.2) is 23.1 Å². The third kappa shape index (κ3) is 4.59. The third-order valence-corrected chi connectivity index (χ3v) is 8.18. The van der Waals surface area contributed by atoms with Crippen LogP contribution in [0.1, 0.15) is 51.9 Å². The molecule has 0 aromatic heterocycles. The zero-order valence-electron chi connectivity index (χ0n) is 17.6. The van der Waals surface area contributed by atoms with E-state index in [-0.39, 0.29) is 23.8 Å². The summed E-state index contributed by atoms with van der Waals surface area (Å²) >= 11 is 0. The van der Waals surface area contributed by atoms with Crippen molar-refractivity contribution in [3.8, 4) is 11.5 Å². The molecule has 0 radical (unpaired) electrons. The molecule has 1 saturated carbocycles. The summed E-state index contributed by atoms with van der Waals surface area (Å²) in [7, 11) is -3.72. The molecule has 1 N–H and O–H groups in total. The van der Waals surface area contributed by atoms with E-state index in [9.17, 15) is 13.2 Å². The van der Waals surface area contributed by atoms with Crippen LogP contribution in [0.3, 0.4) is 0 Å². The highest BCUT2D eigenvalue weighted by Gasteiger charge is 2.39. The van der Waals surface area contributed by atoms with Crippen LogP contribution in [-0.4, -0.2) is 51.6 Å². The molecule has 2 fully saturated rings. The zero-order valence-corrected chi connectivity index (χ0v) is 18.5. The van der Waals surface area contributed by atoms with Gasteiger partial charge in [-0.15, -0.1) is 0 Å². The van der Waals surface area contributed by atoms with E-state index in [2.05, 4.69) is 11.6 Å². The van der Waals surface area contributed by atoms with Crippen LogP contribution in [0.4, 0.5) is 0 Å². The molecule has 1 saturated heterocycles. The predicted octanol–water partition coefficient (Wildman–Crippen LogP) is 2.94. The summed E-state index contributed by atoms with van der Waals surface area (Å²) in [6.07, 6.45) is 6.68. The number of ether oxygens (including phenoxy) is 2. The lowest BCUT2D eigenvalue weighted by molar-refractivity contribution is -0.138. The molecule has 8 heteroatoms.